The summed E-state index contributed by atoms with van der Waals surface area (Å²) in [5, 5.41) is 5.69. The van der Waals surface area contributed by atoms with Gasteiger partial charge in [-0.25, -0.2) is 0 Å². The number of fused-ring (bicyclic) bond motifs is 3. The van der Waals surface area contributed by atoms with Crippen LogP contribution in [0.1, 0.15) is 5.56 Å². The van der Waals surface area contributed by atoms with Gasteiger partial charge in [-0.1, -0.05) is 18.2 Å². The molecule has 1 heterocycles. The van der Waals surface area contributed by atoms with Crippen molar-refractivity contribution in [3.05, 3.63) is 66.2 Å². The van der Waals surface area contributed by atoms with E-state index in [2.05, 4.69) is 17.4 Å². The van der Waals surface area contributed by atoms with E-state index in [9.17, 15) is 0 Å². The Hall–Kier alpha value is -3.14. The Morgan fingerprint density at radius 2 is 1.68 bits per heavy atom. The topological polar surface area (TPSA) is 43.6 Å². The minimum Gasteiger partial charge on any atom is -0.497 e. The molecule has 4 aromatic rings. The van der Waals surface area contributed by atoms with Gasteiger partial charge in [0.05, 0.1) is 14.2 Å². The normalized spacial score (nSPS) is 11.0. The van der Waals surface area contributed by atoms with E-state index in [1.54, 1.807) is 14.2 Å². The molecule has 1 aromatic heterocycles. The van der Waals surface area contributed by atoms with Gasteiger partial charge in [0.2, 0.25) is 0 Å². The highest BCUT2D eigenvalue weighted by atomic mass is 16.5. The Balaban J connectivity index is 1.64. The number of hydrogen-bond donors (Lipinski definition) is 1. The summed E-state index contributed by atoms with van der Waals surface area (Å²) in [7, 11) is 3.34. The van der Waals surface area contributed by atoms with Gasteiger partial charge in [-0.3, -0.25) is 0 Å². The van der Waals surface area contributed by atoms with Gasteiger partial charge >= 0.3 is 0 Å². The van der Waals surface area contributed by atoms with Gasteiger partial charge in [0.15, 0.2) is 0 Å². The van der Waals surface area contributed by atoms with Crippen LogP contribution in [0.15, 0.2) is 65.1 Å². The van der Waals surface area contributed by atoms with Crippen LogP contribution in [-0.2, 0) is 6.54 Å². The lowest BCUT2D eigenvalue weighted by molar-refractivity contribution is 0.399. The Morgan fingerprint density at radius 1 is 0.840 bits per heavy atom. The Kier molecular flexibility index (Phi) is 3.94. The van der Waals surface area contributed by atoms with Crippen molar-refractivity contribution in [3.63, 3.8) is 0 Å². The second-order valence-electron chi connectivity index (χ2n) is 5.84. The van der Waals surface area contributed by atoms with Gasteiger partial charge in [0, 0.05) is 28.6 Å². The first-order valence-corrected chi connectivity index (χ1v) is 8.14. The first-order valence-electron chi connectivity index (χ1n) is 8.14. The number of methoxy groups -OCH3 is 2. The predicted molar refractivity (Wildman–Crippen MR) is 101 cm³/mol. The van der Waals surface area contributed by atoms with Crippen LogP contribution in [0.2, 0.25) is 0 Å². The third-order valence-electron chi connectivity index (χ3n) is 4.35. The second-order valence-corrected chi connectivity index (χ2v) is 5.84. The van der Waals surface area contributed by atoms with E-state index in [-0.39, 0.29) is 0 Å². The van der Waals surface area contributed by atoms with E-state index < -0.39 is 0 Å². The zero-order valence-corrected chi connectivity index (χ0v) is 14.2. The van der Waals surface area contributed by atoms with Crippen LogP contribution in [-0.4, -0.2) is 14.2 Å². The molecule has 0 radical (unpaired) electrons. The van der Waals surface area contributed by atoms with E-state index in [0.29, 0.717) is 6.54 Å². The molecule has 0 aliphatic carbocycles. The Labute approximate surface area is 146 Å². The van der Waals surface area contributed by atoms with Crippen molar-refractivity contribution in [1.29, 1.82) is 0 Å². The van der Waals surface area contributed by atoms with E-state index >= 15 is 0 Å². The summed E-state index contributed by atoms with van der Waals surface area (Å²) >= 11 is 0. The van der Waals surface area contributed by atoms with Crippen molar-refractivity contribution in [2.75, 3.05) is 19.5 Å². The molecular weight excluding hydrogens is 314 g/mol. The van der Waals surface area contributed by atoms with Gasteiger partial charge in [-0.05, 0) is 42.5 Å². The molecule has 0 bridgehead atoms. The molecule has 0 fully saturated rings. The van der Waals surface area contributed by atoms with Crippen LogP contribution >= 0.6 is 0 Å². The summed E-state index contributed by atoms with van der Waals surface area (Å²) in [6, 6.07) is 20.0. The number of furan rings is 1. The SMILES string of the molecule is COc1ccc(OC)c(CNc2ccc3oc4ccccc4c3c2)c1. The minimum absolute atomic E-state index is 0.641. The van der Waals surface area contributed by atoms with Gasteiger partial charge in [0.1, 0.15) is 22.7 Å². The molecule has 0 aliphatic heterocycles. The third kappa shape index (κ3) is 2.87. The number of ether oxygens (including phenoxy) is 2. The zero-order valence-electron chi connectivity index (χ0n) is 14.2. The van der Waals surface area contributed by atoms with Crippen LogP contribution in [0.5, 0.6) is 11.5 Å². The van der Waals surface area contributed by atoms with Crippen LogP contribution in [0.25, 0.3) is 21.9 Å². The largest absolute Gasteiger partial charge is 0.497 e. The van der Waals surface area contributed by atoms with Crippen molar-refractivity contribution in [2.24, 2.45) is 0 Å². The molecule has 0 saturated heterocycles. The molecule has 126 valence electrons. The highest BCUT2D eigenvalue weighted by molar-refractivity contribution is 6.05. The number of rotatable bonds is 5. The zero-order chi connectivity index (χ0) is 17.2. The molecule has 25 heavy (non-hydrogen) atoms. The first-order chi connectivity index (χ1) is 12.3. The fourth-order valence-corrected chi connectivity index (χ4v) is 3.05. The molecular formula is C21H19NO3. The van der Waals surface area contributed by atoms with Crippen molar-refractivity contribution in [1.82, 2.24) is 0 Å². The van der Waals surface area contributed by atoms with E-state index in [4.69, 9.17) is 13.9 Å². The smallest absolute Gasteiger partial charge is 0.135 e. The fraction of sp³-hybridized carbons (Fsp3) is 0.143. The summed E-state index contributed by atoms with van der Waals surface area (Å²) < 4.78 is 16.6. The molecule has 0 saturated carbocycles. The molecule has 4 rings (SSSR count). The van der Waals surface area contributed by atoms with Crippen molar-refractivity contribution >= 4 is 27.6 Å². The highest BCUT2D eigenvalue weighted by Gasteiger charge is 2.08. The molecule has 0 amide bonds. The van der Waals surface area contributed by atoms with E-state index in [0.717, 1.165) is 44.7 Å². The molecule has 3 aromatic carbocycles. The lowest BCUT2D eigenvalue weighted by Crippen LogP contribution is -2.02. The maximum Gasteiger partial charge on any atom is 0.135 e. The average Bonchev–Trinajstić information content (AvgIpc) is 3.04. The Bertz CT molecular complexity index is 1040. The number of benzene rings is 3. The molecule has 0 aliphatic rings. The van der Waals surface area contributed by atoms with Gasteiger partial charge in [-0.2, -0.15) is 0 Å². The standard InChI is InChI=1S/C21H19NO3/c1-23-16-8-10-19(24-2)14(11-16)13-22-15-7-9-21-18(12-15)17-5-3-4-6-20(17)25-21/h3-12,22H,13H2,1-2H3. The maximum absolute atomic E-state index is 5.87. The van der Waals surface area contributed by atoms with Crippen LogP contribution in [0.4, 0.5) is 5.69 Å². The second kappa shape index (κ2) is 6.40. The lowest BCUT2D eigenvalue weighted by Gasteiger charge is -2.12. The van der Waals surface area contributed by atoms with E-state index in [1.165, 1.54) is 0 Å². The van der Waals surface area contributed by atoms with Crippen LogP contribution in [0, 0.1) is 0 Å². The highest BCUT2D eigenvalue weighted by Crippen LogP contribution is 2.31. The van der Waals surface area contributed by atoms with Crippen LogP contribution < -0.4 is 14.8 Å². The fourth-order valence-electron chi connectivity index (χ4n) is 3.05. The first kappa shape index (κ1) is 15.4. The Morgan fingerprint density at radius 3 is 2.52 bits per heavy atom. The summed E-state index contributed by atoms with van der Waals surface area (Å²) in [6.45, 7) is 0.641. The molecule has 0 unspecified atom stereocenters. The molecule has 1 N–H and O–H groups in total. The van der Waals surface area contributed by atoms with Gasteiger partial charge < -0.3 is 19.2 Å². The van der Waals surface area contributed by atoms with Gasteiger partial charge in [-0.15, -0.1) is 0 Å². The summed E-state index contributed by atoms with van der Waals surface area (Å²) in [5.41, 5.74) is 3.87. The number of nitrogens with one attached hydrogen (secondary N) is 1. The summed E-state index contributed by atoms with van der Waals surface area (Å²) in [4.78, 5) is 0. The van der Waals surface area contributed by atoms with Crippen molar-refractivity contribution < 1.29 is 13.9 Å². The molecule has 4 nitrogen and oxygen atoms in total. The maximum atomic E-state index is 5.87. The monoisotopic (exact) mass is 333 g/mol. The average molecular weight is 333 g/mol. The molecule has 4 heteroatoms. The minimum atomic E-state index is 0.641. The summed E-state index contributed by atoms with van der Waals surface area (Å²) in [5.74, 6) is 1.65. The molecule has 0 spiro atoms. The number of para-hydroxylation sites is 1. The predicted octanol–water partition coefficient (Wildman–Crippen LogP) is 5.22. The van der Waals surface area contributed by atoms with Crippen molar-refractivity contribution in [2.45, 2.75) is 6.54 Å². The molecule has 0 atom stereocenters. The number of anilines is 1. The third-order valence-corrected chi connectivity index (χ3v) is 4.35. The quantitative estimate of drug-likeness (QED) is 0.544. The van der Waals surface area contributed by atoms with Crippen LogP contribution in [0.3, 0.4) is 0 Å². The lowest BCUT2D eigenvalue weighted by atomic mass is 10.1. The summed E-state index contributed by atoms with van der Waals surface area (Å²) in [6.07, 6.45) is 0. The number of hydrogen-bond acceptors (Lipinski definition) is 4. The van der Waals surface area contributed by atoms with Crippen molar-refractivity contribution in [3.8, 4) is 11.5 Å². The van der Waals surface area contributed by atoms with E-state index in [1.807, 2.05) is 48.5 Å². The van der Waals surface area contributed by atoms with Gasteiger partial charge in [0.25, 0.3) is 0 Å².